The molecule has 13 heteroatoms. The predicted octanol–water partition coefficient (Wildman–Crippen LogP) is 2.79. The SMILES string of the molecule is CCOC(=O)c1n[nH]c2nnc(Cl)cc12.Clc1cc2c(I)n[nH]c2nn1. The van der Waals surface area contributed by atoms with Crippen LogP contribution >= 0.6 is 45.8 Å². The Morgan fingerprint density at radius 2 is 1.62 bits per heavy atom. The van der Waals surface area contributed by atoms with Gasteiger partial charge in [0.1, 0.15) is 3.70 Å². The molecule has 4 heterocycles. The maximum atomic E-state index is 11.4. The van der Waals surface area contributed by atoms with E-state index in [1.807, 2.05) is 0 Å². The molecule has 4 aromatic heterocycles. The van der Waals surface area contributed by atoms with Crippen molar-refractivity contribution < 1.29 is 9.53 Å². The minimum absolute atomic E-state index is 0.170. The fourth-order valence-corrected chi connectivity index (χ4v) is 2.75. The number of aromatic amines is 2. The number of fused-ring (bicyclic) bond motifs is 2. The first-order chi connectivity index (χ1) is 12.5. The third-order valence-corrected chi connectivity index (χ3v) is 4.20. The van der Waals surface area contributed by atoms with Crippen LogP contribution in [-0.2, 0) is 4.74 Å². The molecule has 0 aliphatic carbocycles. The van der Waals surface area contributed by atoms with E-state index in [9.17, 15) is 4.79 Å². The largest absolute Gasteiger partial charge is 0.461 e. The van der Waals surface area contributed by atoms with E-state index in [0.717, 1.165) is 9.09 Å². The summed E-state index contributed by atoms with van der Waals surface area (Å²) in [4.78, 5) is 11.4. The number of carbonyl (C=O) groups excluding carboxylic acids is 1. The van der Waals surface area contributed by atoms with Crippen LogP contribution in [-0.4, -0.2) is 53.4 Å². The molecule has 0 fully saturated rings. The van der Waals surface area contributed by atoms with E-state index in [1.54, 1.807) is 13.0 Å². The number of nitrogens with one attached hydrogen (secondary N) is 2. The van der Waals surface area contributed by atoms with Gasteiger partial charge in [-0.15, -0.1) is 20.4 Å². The molecule has 10 nitrogen and oxygen atoms in total. The first-order valence-corrected chi connectivity index (χ1v) is 8.90. The lowest BCUT2D eigenvalue weighted by molar-refractivity contribution is 0.0521. The van der Waals surface area contributed by atoms with Crippen molar-refractivity contribution in [3.63, 3.8) is 0 Å². The number of rotatable bonds is 2. The summed E-state index contributed by atoms with van der Waals surface area (Å²) in [7, 11) is 0. The van der Waals surface area contributed by atoms with E-state index < -0.39 is 5.97 Å². The van der Waals surface area contributed by atoms with Crippen LogP contribution in [0.5, 0.6) is 0 Å². The molecule has 0 aliphatic heterocycles. The molecule has 0 saturated heterocycles. The van der Waals surface area contributed by atoms with Crippen molar-refractivity contribution in [3.8, 4) is 0 Å². The highest BCUT2D eigenvalue weighted by Gasteiger charge is 2.16. The highest BCUT2D eigenvalue weighted by Crippen LogP contribution is 2.18. The Hall–Kier alpha value is -2.12. The van der Waals surface area contributed by atoms with E-state index in [2.05, 4.69) is 63.4 Å². The van der Waals surface area contributed by atoms with E-state index in [0.29, 0.717) is 28.4 Å². The van der Waals surface area contributed by atoms with E-state index in [1.165, 1.54) is 6.07 Å². The highest BCUT2D eigenvalue weighted by molar-refractivity contribution is 14.1. The van der Waals surface area contributed by atoms with Gasteiger partial charge in [-0.05, 0) is 41.6 Å². The third kappa shape index (κ3) is 3.99. The van der Waals surface area contributed by atoms with Crippen molar-refractivity contribution in [1.29, 1.82) is 0 Å². The van der Waals surface area contributed by atoms with Crippen molar-refractivity contribution in [1.82, 2.24) is 40.8 Å². The van der Waals surface area contributed by atoms with E-state index >= 15 is 0 Å². The zero-order valence-corrected chi connectivity index (χ0v) is 16.7. The van der Waals surface area contributed by atoms with Gasteiger partial charge < -0.3 is 4.74 Å². The van der Waals surface area contributed by atoms with Crippen molar-refractivity contribution in [3.05, 3.63) is 31.8 Å². The standard InChI is InChI=1S/C8H7ClN4O2.C5H2ClIN4/c1-2-15-8(14)6-4-3-5(9)10-12-7(4)13-11-6;6-3-1-2-4(7)9-11-5(2)10-8-3/h3H,2H2,1H3,(H,11,12,13);1H,(H,9,10,11). The third-order valence-electron chi connectivity index (χ3n) is 3.01. The van der Waals surface area contributed by atoms with Crippen molar-refractivity contribution >= 4 is 73.8 Å². The second kappa shape index (κ2) is 8.05. The lowest BCUT2D eigenvalue weighted by atomic mass is 10.3. The fourth-order valence-electron chi connectivity index (χ4n) is 1.93. The minimum Gasteiger partial charge on any atom is -0.461 e. The normalized spacial score (nSPS) is 10.6. The molecule has 0 atom stereocenters. The quantitative estimate of drug-likeness (QED) is 0.313. The van der Waals surface area contributed by atoms with Crippen LogP contribution in [0.1, 0.15) is 17.4 Å². The van der Waals surface area contributed by atoms with E-state index in [-0.39, 0.29) is 10.8 Å². The first kappa shape index (κ1) is 18.7. The Labute approximate surface area is 169 Å². The summed E-state index contributed by atoms with van der Waals surface area (Å²) in [6.45, 7) is 2.01. The molecule has 0 amide bonds. The summed E-state index contributed by atoms with van der Waals surface area (Å²) < 4.78 is 5.68. The van der Waals surface area contributed by atoms with Crippen LogP contribution in [0.25, 0.3) is 22.1 Å². The van der Waals surface area contributed by atoms with Gasteiger partial charge >= 0.3 is 5.97 Å². The molecule has 0 radical (unpaired) electrons. The molecule has 2 N–H and O–H groups in total. The summed E-state index contributed by atoms with van der Waals surface area (Å²) in [5.41, 5.74) is 1.24. The number of carbonyl (C=O) groups is 1. The monoisotopic (exact) mass is 506 g/mol. The molecule has 0 spiro atoms. The zero-order chi connectivity index (χ0) is 18.7. The number of hydrogen-bond acceptors (Lipinski definition) is 8. The topological polar surface area (TPSA) is 135 Å². The summed E-state index contributed by atoms with van der Waals surface area (Å²) in [5, 5.41) is 29.8. The lowest BCUT2D eigenvalue weighted by Crippen LogP contribution is -2.05. The van der Waals surface area contributed by atoms with E-state index in [4.69, 9.17) is 27.9 Å². The van der Waals surface area contributed by atoms with Crippen molar-refractivity contribution in [2.24, 2.45) is 0 Å². The van der Waals surface area contributed by atoms with Crippen LogP contribution in [0.15, 0.2) is 12.1 Å². The molecule has 4 rings (SSSR count). The highest BCUT2D eigenvalue weighted by atomic mass is 127. The lowest BCUT2D eigenvalue weighted by Gasteiger charge is -1.97. The molecule has 0 aliphatic rings. The number of H-pyrrole nitrogens is 2. The molecule has 134 valence electrons. The maximum absolute atomic E-state index is 11.4. The number of aromatic nitrogens is 8. The average Bonchev–Trinajstić information content (AvgIpc) is 3.19. The Morgan fingerprint density at radius 1 is 1.04 bits per heavy atom. The van der Waals surface area contributed by atoms with Crippen LogP contribution in [0.3, 0.4) is 0 Å². The van der Waals surface area contributed by atoms with Gasteiger partial charge in [-0.25, -0.2) is 4.79 Å². The molecule has 0 unspecified atom stereocenters. The zero-order valence-electron chi connectivity index (χ0n) is 13.0. The first-order valence-electron chi connectivity index (χ1n) is 7.06. The summed E-state index contributed by atoms with van der Waals surface area (Å²) in [6.07, 6.45) is 0. The molecule has 26 heavy (non-hydrogen) atoms. The number of ether oxygens (including phenoxy) is 1. The number of nitrogens with zero attached hydrogens (tertiary/aromatic N) is 6. The van der Waals surface area contributed by atoms with Crippen molar-refractivity contribution in [2.75, 3.05) is 6.61 Å². The van der Waals surface area contributed by atoms with Gasteiger partial charge in [0.25, 0.3) is 0 Å². The van der Waals surface area contributed by atoms with Gasteiger partial charge in [0.15, 0.2) is 27.3 Å². The van der Waals surface area contributed by atoms with Gasteiger partial charge in [-0.1, -0.05) is 23.2 Å². The second-order valence-electron chi connectivity index (χ2n) is 4.67. The number of esters is 1. The van der Waals surface area contributed by atoms with Crippen LogP contribution in [0.2, 0.25) is 10.3 Å². The second-order valence-corrected chi connectivity index (χ2v) is 6.46. The van der Waals surface area contributed by atoms with Crippen LogP contribution < -0.4 is 0 Å². The Kier molecular flexibility index (Phi) is 5.78. The smallest absolute Gasteiger partial charge is 0.359 e. The van der Waals surface area contributed by atoms with Crippen LogP contribution in [0, 0.1) is 3.70 Å². The molecule has 4 aromatic rings. The molecule has 0 aromatic carbocycles. The summed E-state index contributed by atoms with van der Waals surface area (Å²) >= 11 is 13.4. The minimum atomic E-state index is -0.507. The summed E-state index contributed by atoms with van der Waals surface area (Å²) in [6, 6.07) is 3.24. The number of halogens is 3. The Bertz CT molecular complexity index is 1080. The fraction of sp³-hybridized carbons (Fsp3) is 0.154. The Morgan fingerprint density at radius 3 is 2.27 bits per heavy atom. The van der Waals surface area contributed by atoms with Crippen LogP contribution in [0.4, 0.5) is 0 Å². The van der Waals surface area contributed by atoms with Gasteiger partial charge in [-0.2, -0.15) is 10.2 Å². The van der Waals surface area contributed by atoms with Gasteiger partial charge in [0.05, 0.1) is 17.4 Å². The molecule has 0 saturated carbocycles. The number of hydrogen-bond donors (Lipinski definition) is 2. The van der Waals surface area contributed by atoms with Gasteiger partial charge in [0, 0.05) is 0 Å². The summed E-state index contributed by atoms with van der Waals surface area (Å²) in [5.74, 6) is -0.507. The van der Waals surface area contributed by atoms with Gasteiger partial charge in [0.2, 0.25) is 0 Å². The molecule has 0 bridgehead atoms. The molecular formula is C13H9Cl2IN8O2. The average molecular weight is 507 g/mol. The predicted molar refractivity (Wildman–Crippen MR) is 102 cm³/mol. The molecular weight excluding hydrogens is 498 g/mol. The van der Waals surface area contributed by atoms with Gasteiger partial charge in [-0.3, -0.25) is 10.2 Å². The van der Waals surface area contributed by atoms with Crippen molar-refractivity contribution in [2.45, 2.75) is 6.92 Å². The maximum Gasteiger partial charge on any atom is 0.359 e. The Balaban J connectivity index is 0.000000158.